The fourth-order valence-corrected chi connectivity index (χ4v) is 3.30. The van der Waals surface area contributed by atoms with Crippen LogP contribution in [0.15, 0.2) is 67.0 Å². The van der Waals surface area contributed by atoms with Crippen LogP contribution in [0.1, 0.15) is 21.5 Å². The van der Waals surface area contributed by atoms with Crippen molar-refractivity contribution in [1.29, 1.82) is 0 Å². The molecular formula is C23H17ClFN3O2. The highest BCUT2D eigenvalue weighted by molar-refractivity contribution is 6.29. The van der Waals surface area contributed by atoms with Crippen molar-refractivity contribution in [2.45, 2.75) is 13.5 Å². The van der Waals surface area contributed by atoms with E-state index in [1.54, 1.807) is 54.9 Å². The molecule has 4 rings (SSSR count). The van der Waals surface area contributed by atoms with Gasteiger partial charge in [0, 0.05) is 41.5 Å². The normalized spacial score (nSPS) is 10.8. The van der Waals surface area contributed by atoms with Gasteiger partial charge in [-0.25, -0.2) is 9.37 Å². The van der Waals surface area contributed by atoms with Gasteiger partial charge in [0.2, 0.25) is 0 Å². The van der Waals surface area contributed by atoms with Crippen LogP contribution in [-0.2, 0) is 6.54 Å². The number of rotatable bonds is 5. The highest BCUT2D eigenvalue weighted by Crippen LogP contribution is 2.32. The van der Waals surface area contributed by atoms with E-state index in [-0.39, 0.29) is 11.7 Å². The summed E-state index contributed by atoms with van der Waals surface area (Å²) in [5.74, 6) is 0.476. The lowest BCUT2D eigenvalue weighted by Gasteiger charge is -2.14. The SMILES string of the molecule is Cc1c(Oc2ccnc3cc(F)ccc23)cccc1C(=O)NCc1ccnc(Cl)c1. The Morgan fingerprint density at radius 3 is 2.73 bits per heavy atom. The fourth-order valence-electron chi connectivity index (χ4n) is 3.10. The third-order valence-corrected chi connectivity index (χ3v) is 4.86. The van der Waals surface area contributed by atoms with Crippen LogP contribution in [0.5, 0.6) is 11.5 Å². The van der Waals surface area contributed by atoms with Crippen LogP contribution in [0.3, 0.4) is 0 Å². The predicted octanol–water partition coefficient (Wildman–Crippen LogP) is 5.45. The average Bonchev–Trinajstić information content (AvgIpc) is 2.73. The fraction of sp³-hybridized carbons (Fsp3) is 0.0870. The van der Waals surface area contributed by atoms with Crippen LogP contribution < -0.4 is 10.1 Å². The molecule has 2 aromatic heterocycles. The molecule has 30 heavy (non-hydrogen) atoms. The Labute approximate surface area is 177 Å². The van der Waals surface area contributed by atoms with Gasteiger partial charge in [-0.3, -0.25) is 9.78 Å². The Bertz CT molecular complexity index is 1250. The summed E-state index contributed by atoms with van der Waals surface area (Å²) in [4.78, 5) is 20.8. The van der Waals surface area contributed by atoms with Crippen LogP contribution in [0, 0.1) is 12.7 Å². The monoisotopic (exact) mass is 421 g/mol. The first-order chi connectivity index (χ1) is 14.5. The number of hydrogen-bond donors (Lipinski definition) is 1. The summed E-state index contributed by atoms with van der Waals surface area (Å²) in [6.07, 6.45) is 3.15. The van der Waals surface area contributed by atoms with Gasteiger partial charge in [0.1, 0.15) is 22.5 Å². The summed E-state index contributed by atoms with van der Waals surface area (Å²) in [6.45, 7) is 2.14. The molecule has 0 aliphatic carbocycles. The molecular weight excluding hydrogens is 405 g/mol. The zero-order valence-corrected chi connectivity index (χ0v) is 16.8. The van der Waals surface area contributed by atoms with Gasteiger partial charge < -0.3 is 10.1 Å². The molecule has 5 nitrogen and oxygen atoms in total. The van der Waals surface area contributed by atoms with Crippen molar-refractivity contribution in [3.05, 3.63) is 94.7 Å². The van der Waals surface area contributed by atoms with Crippen molar-refractivity contribution >= 4 is 28.4 Å². The number of amides is 1. The molecule has 7 heteroatoms. The Hall–Kier alpha value is -3.51. The second kappa shape index (κ2) is 8.47. The van der Waals surface area contributed by atoms with E-state index in [2.05, 4.69) is 15.3 Å². The highest BCUT2D eigenvalue weighted by Gasteiger charge is 2.14. The topological polar surface area (TPSA) is 64.1 Å². The van der Waals surface area contributed by atoms with Crippen molar-refractivity contribution in [2.24, 2.45) is 0 Å². The number of pyridine rings is 2. The van der Waals surface area contributed by atoms with Crippen LogP contribution >= 0.6 is 11.6 Å². The molecule has 0 spiro atoms. The van der Waals surface area contributed by atoms with Crippen molar-refractivity contribution in [2.75, 3.05) is 0 Å². The molecule has 1 N–H and O–H groups in total. The largest absolute Gasteiger partial charge is 0.456 e. The van der Waals surface area contributed by atoms with Gasteiger partial charge in [-0.2, -0.15) is 0 Å². The molecule has 1 amide bonds. The average molecular weight is 422 g/mol. The van der Waals surface area contributed by atoms with Gasteiger partial charge in [-0.15, -0.1) is 0 Å². The van der Waals surface area contributed by atoms with E-state index < -0.39 is 0 Å². The second-order valence-electron chi connectivity index (χ2n) is 6.67. The van der Waals surface area contributed by atoms with E-state index in [4.69, 9.17) is 16.3 Å². The third kappa shape index (κ3) is 4.23. The first-order valence-corrected chi connectivity index (χ1v) is 9.59. The summed E-state index contributed by atoms with van der Waals surface area (Å²) in [6, 6.07) is 14.8. The molecule has 0 atom stereocenters. The number of nitrogens with zero attached hydrogens (tertiary/aromatic N) is 2. The number of carbonyl (C=O) groups excluding carboxylic acids is 1. The van der Waals surface area contributed by atoms with Gasteiger partial charge in [0.05, 0.1) is 5.52 Å². The first kappa shape index (κ1) is 19.8. The van der Waals surface area contributed by atoms with E-state index in [0.717, 1.165) is 5.56 Å². The van der Waals surface area contributed by atoms with E-state index in [0.29, 0.717) is 45.2 Å². The maximum absolute atomic E-state index is 13.5. The van der Waals surface area contributed by atoms with Gasteiger partial charge in [0.15, 0.2) is 0 Å². The Morgan fingerprint density at radius 2 is 1.90 bits per heavy atom. The summed E-state index contributed by atoms with van der Waals surface area (Å²) in [7, 11) is 0. The van der Waals surface area contributed by atoms with E-state index in [9.17, 15) is 9.18 Å². The first-order valence-electron chi connectivity index (χ1n) is 9.21. The molecule has 0 saturated carbocycles. The Kier molecular flexibility index (Phi) is 5.59. The minimum atomic E-state index is -0.363. The summed E-state index contributed by atoms with van der Waals surface area (Å²) in [5, 5.41) is 3.93. The quantitative estimate of drug-likeness (QED) is 0.435. The van der Waals surface area contributed by atoms with Crippen molar-refractivity contribution in [1.82, 2.24) is 15.3 Å². The van der Waals surface area contributed by atoms with Crippen molar-refractivity contribution in [3.63, 3.8) is 0 Å². The van der Waals surface area contributed by atoms with E-state index in [1.807, 2.05) is 6.92 Å². The molecule has 0 aliphatic heterocycles. The maximum atomic E-state index is 13.5. The van der Waals surface area contributed by atoms with Gasteiger partial charge >= 0.3 is 0 Å². The molecule has 2 aromatic carbocycles. The lowest BCUT2D eigenvalue weighted by molar-refractivity contribution is 0.0950. The van der Waals surface area contributed by atoms with E-state index in [1.165, 1.54) is 12.1 Å². The smallest absolute Gasteiger partial charge is 0.251 e. The van der Waals surface area contributed by atoms with Crippen LogP contribution in [0.25, 0.3) is 10.9 Å². The molecule has 4 aromatic rings. The van der Waals surface area contributed by atoms with Crippen LogP contribution in [0.2, 0.25) is 5.15 Å². The van der Waals surface area contributed by atoms with Crippen molar-refractivity contribution in [3.8, 4) is 11.5 Å². The summed E-state index contributed by atoms with van der Waals surface area (Å²) < 4.78 is 19.5. The zero-order valence-electron chi connectivity index (χ0n) is 16.0. The third-order valence-electron chi connectivity index (χ3n) is 4.66. The van der Waals surface area contributed by atoms with Crippen LogP contribution in [0.4, 0.5) is 4.39 Å². The lowest BCUT2D eigenvalue weighted by Crippen LogP contribution is -2.23. The number of benzene rings is 2. The molecule has 150 valence electrons. The minimum Gasteiger partial charge on any atom is -0.456 e. The van der Waals surface area contributed by atoms with Gasteiger partial charge in [0.25, 0.3) is 5.91 Å². The highest BCUT2D eigenvalue weighted by atomic mass is 35.5. The number of aromatic nitrogens is 2. The molecule has 0 aliphatic rings. The minimum absolute atomic E-state index is 0.229. The molecule has 2 heterocycles. The molecule has 0 unspecified atom stereocenters. The number of nitrogens with one attached hydrogen (secondary N) is 1. The van der Waals surface area contributed by atoms with Gasteiger partial charge in [-0.05, 0) is 55.0 Å². The zero-order chi connectivity index (χ0) is 21.1. The Morgan fingerprint density at radius 1 is 1.07 bits per heavy atom. The number of halogens is 2. The van der Waals surface area contributed by atoms with Crippen LogP contribution in [-0.4, -0.2) is 15.9 Å². The molecule has 0 bridgehead atoms. The Balaban J connectivity index is 1.57. The lowest BCUT2D eigenvalue weighted by atomic mass is 10.1. The maximum Gasteiger partial charge on any atom is 0.251 e. The van der Waals surface area contributed by atoms with Crippen molar-refractivity contribution < 1.29 is 13.9 Å². The number of fused-ring (bicyclic) bond motifs is 1. The number of carbonyl (C=O) groups is 1. The van der Waals surface area contributed by atoms with Gasteiger partial charge in [-0.1, -0.05) is 17.7 Å². The number of ether oxygens (including phenoxy) is 1. The predicted molar refractivity (Wildman–Crippen MR) is 113 cm³/mol. The second-order valence-corrected chi connectivity index (χ2v) is 7.06. The molecule has 0 saturated heterocycles. The van der Waals surface area contributed by atoms with E-state index >= 15 is 0 Å². The summed E-state index contributed by atoms with van der Waals surface area (Å²) >= 11 is 5.88. The standard InChI is InChI=1S/C23H17ClFN3O2/c1-14-17(23(29)28-13-15-7-9-27-22(24)11-15)3-2-4-20(14)30-21-8-10-26-19-12-16(25)5-6-18(19)21/h2-12H,13H2,1H3,(H,28,29). The number of hydrogen-bond acceptors (Lipinski definition) is 4. The molecule has 0 radical (unpaired) electrons. The molecule has 0 fully saturated rings. The summed E-state index contributed by atoms with van der Waals surface area (Å²) in [5.41, 5.74) is 2.53.